The first-order valence-corrected chi connectivity index (χ1v) is 10.7. The van der Waals surface area contributed by atoms with E-state index in [1.54, 1.807) is 6.26 Å². The molecule has 7 heteroatoms. The fourth-order valence-corrected chi connectivity index (χ4v) is 3.14. The lowest BCUT2D eigenvalue weighted by Crippen LogP contribution is -2.38. The Hall–Kier alpha value is -2.51. The average Bonchev–Trinajstić information content (AvgIpc) is 3.44. The third-order valence-electron chi connectivity index (χ3n) is 4.74. The van der Waals surface area contributed by atoms with Gasteiger partial charge in [0.15, 0.2) is 5.96 Å². The van der Waals surface area contributed by atoms with E-state index in [1.165, 1.54) is 5.56 Å². The minimum Gasteiger partial charge on any atom is -0.488 e. The minimum atomic E-state index is 0.127. The van der Waals surface area contributed by atoms with E-state index in [4.69, 9.17) is 23.6 Å². The summed E-state index contributed by atoms with van der Waals surface area (Å²) in [5.74, 6) is 2.54. The van der Waals surface area contributed by atoms with Crippen molar-refractivity contribution in [3.63, 3.8) is 0 Å². The van der Waals surface area contributed by atoms with Crippen LogP contribution in [0.15, 0.2) is 46.0 Å². The van der Waals surface area contributed by atoms with E-state index >= 15 is 0 Å². The summed E-state index contributed by atoms with van der Waals surface area (Å²) in [5.41, 5.74) is 2.25. The molecule has 0 radical (unpaired) electrons. The second kappa shape index (κ2) is 12.2. The lowest BCUT2D eigenvalue weighted by molar-refractivity contribution is 0.105. The summed E-state index contributed by atoms with van der Waals surface area (Å²) in [4.78, 5) is 4.73. The second-order valence-corrected chi connectivity index (χ2v) is 7.32. The minimum absolute atomic E-state index is 0.127. The molecule has 0 spiro atoms. The van der Waals surface area contributed by atoms with Crippen LogP contribution in [-0.4, -0.2) is 45.0 Å². The van der Waals surface area contributed by atoms with Crippen LogP contribution >= 0.6 is 0 Å². The first-order valence-electron chi connectivity index (χ1n) is 10.7. The molecule has 30 heavy (non-hydrogen) atoms. The third-order valence-corrected chi connectivity index (χ3v) is 4.74. The molecule has 2 heterocycles. The van der Waals surface area contributed by atoms with Gasteiger partial charge in [0.1, 0.15) is 24.2 Å². The molecular formula is C23H33N3O4. The van der Waals surface area contributed by atoms with Gasteiger partial charge in [0.05, 0.1) is 26.0 Å². The summed E-state index contributed by atoms with van der Waals surface area (Å²) in [6.07, 6.45) is 3.60. The zero-order valence-corrected chi connectivity index (χ0v) is 18.0. The molecule has 1 fully saturated rings. The van der Waals surface area contributed by atoms with E-state index in [2.05, 4.69) is 42.7 Å². The molecule has 164 valence electrons. The quantitative estimate of drug-likeness (QED) is 0.333. The standard InChI is InChI=1S/C23H33N3O4/c1-3-24-23(25-10-5-11-27-16-20-6-4-12-29-20)26-15-19-8-7-18(2)14-22(19)30-21-9-13-28-17-21/h4,6-8,12,14,21H,3,5,9-11,13,15-17H2,1-2H3,(H2,24,25,26). The van der Waals surface area contributed by atoms with E-state index in [0.717, 1.165) is 55.6 Å². The third kappa shape index (κ3) is 7.39. The van der Waals surface area contributed by atoms with Crippen LogP contribution in [0, 0.1) is 6.92 Å². The Morgan fingerprint density at radius 1 is 1.27 bits per heavy atom. The number of aliphatic imine (C=N–C) groups is 1. The van der Waals surface area contributed by atoms with Crippen LogP contribution in [-0.2, 0) is 22.6 Å². The summed E-state index contributed by atoms with van der Waals surface area (Å²) < 4.78 is 22.5. The Bertz CT molecular complexity index is 771. The van der Waals surface area contributed by atoms with Crippen molar-refractivity contribution in [2.75, 3.05) is 32.9 Å². The first-order chi connectivity index (χ1) is 14.7. The lowest BCUT2D eigenvalue weighted by Gasteiger charge is -2.16. The fraction of sp³-hybridized carbons (Fsp3) is 0.522. The monoisotopic (exact) mass is 415 g/mol. The zero-order chi connectivity index (χ0) is 21.0. The van der Waals surface area contributed by atoms with Crippen LogP contribution in [0.1, 0.15) is 36.7 Å². The summed E-state index contributed by atoms with van der Waals surface area (Å²) >= 11 is 0. The Morgan fingerprint density at radius 3 is 2.97 bits per heavy atom. The Kier molecular flexibility index (Phi) is 9.05. The highest BCUT2D eigenvalue weighted by molar-refractivity contribution is 5.79. The number of hydrogen-bond acceptors (Lipinski definition) is 5. The number of guanidine groups is 1. The van der Waals surface area contributed by atoms with Gasteiger partial charge in [-0.2, -0.15) is 0 Å². The molecule has 1 saturated heterocycles. The van der Waals surface area contributed by atoms with E-state index in [-0.39, 0.29) is 6.10 Å². The number of benzene rings is 1. The molecule has 7 nitrogen and oxygen atoms in total. The topological polar surface area (TPSA) is 77.3 Å². The van der Waals surface area contributed by atoms with Crippen molar-refractivity contribution in [3.8, 4) is 5.75 Å². The van der Waals surface area contributed by atoms with E-state index in [9.17, 15) is 0 Å². The van der Waals surface area contributed by atoms with E-state index < -0.39 is 0 Å². The van der Waals surface area contributed by atoms with Gasteiger partial charge in [0.2, 0.25) is 0 Å². The van der Waals surface area contributed by atoms with Crippen LogP contribution in [0.4, 0.5) is 0 Å². The number of nitrogens with one attached hydrogen (secondary N) is 2. The van der Waals surface area contributed by atoms with Crippen molar-refractivity contribution in [1.29, 1.82) is 0 Å². The van der Waals surface area contributed by atoms with Crippen molar-refractivity contribution >= 4 is 5.96 Å². The zero-order valence-electron chi connectivity index (χ0n) is 18.0. The van der Waals surface area contributed by atoms with Crippen molar-refractivity contribution in [2.24, 2.45) is 4.99 Å². The molecule has 1 aliphatic rings. The largest absolute Gasteiger partial charge is 0.488 e. The molecule has 0 bridgehead atoms. The predicted molar refractivity (Wildman–Crippen MR) is 117 cm³/mol. The van der Waals surface area contributed by atoms with Gasteiger partial charge in [-0.15, -0.1) is 0 Å². The fourth-order valence-electron chi connectivity index (χ4n) is 3.14. The van der Waals surface area contributed by atoms with Crippen LogP contribution in [0.25, 0.3) is 0 Å². The SMILES string of the molecule is CCNC(=NCc1ccc(C)cc1OC1CCOC1)NCCCOCc1ccco1. The van der Waals surface area contributed by atoms with Gasteiger partial charge in [-0.05, 0) is 44.0 Å². The Labute approximate surface area is 178 Å². The smallest absolute Gasteiger partial charge is 0.191 e. The summed E-state index contributed by atoms with van der Waals surface area (Å²) in [7, 11) is 0. The average molecular weight is 416 g/mol. The maximum absolute atomic E-state index is 6.18. The van der Waals surface area contributed by atoms with Crippen LogP contribution < -0.4 is 15.4 Å². The molecule has 1 atom stereocenters. The van der Waals surface area contributed by atoms with Gasteiger partial charge in [-0.1, -0.05) is 12.1 Å². The van der Waals surface area contributed by atoms with Crippen molar-refractivity contribution in [1.82, 2.24) is 10.6 Å². The van der Waals surface area contributed by atoms with Gasteiger partial charge < -0.3 is 29.3 Å². The molecular weight excluding hydrogens is 382 g/mol. The van der Waals surface area contributed by atoms with Gasteiger partial charge in [0, 0.05) is 31.7 Å². The van der Waals surface area contributed by atoms with Crippen LogP contribution in [0.3, 0.4) is 0 Å². The van der Waals surface area contributed by atoms with Gasteiger partial charge in [-0.25, -0.2) is 4.99 Å². The number of rotatable bonds is 11. The molecule has 1 aromatic carbocycles. The van der Waals surface area contributed by atoms with Crippen molar-refractivity contribution in [2.45, 2.75) is 45.9 Å². The number of nitrogens with zero attached hydrogens (tertiary/aromatic N) is 1. The molecule has 2 N–H and O–H groups in total. The number of aryl methyl sites for hydroxylation is 1. The highest BCUT2D eigenvalue weighted by Gasteiger charge is 2.18. The maximum atomic E-state index is 6.18. The molecule has 1 aliphatic heterocycles. The normalized spacial score (nSPS) is 16.6. The number of ether oxygens (including phenoxy) is 3. The highest BCUT2D eigenvalue weighted by atomic mass is 16.5. The van der Waals surface area contributed by atoms with E-state index in [1.807, 2.05) is 12.1 Å². The summed E-state index contributed by atoms with van der Waals surface area (Å²) in [5, 5.41) is 6.66. The van der Waals surface area contributed by atoms with Crippen molar-refractivity contribution in [3.05, 3.63) is 53.5 Å². The Balaban J connectivity index is 1.47. The molecule has 1 unspecified atom stereocenters. The van der Waals surface area contributed by atoms with Gasteiger partial charge in [0.25, 0.3) is 0 Å². The van der Waals surface area contributed by atoms with E-state index in [0.29, 0.717) is 26.4 Å². The van der Waals surface area contributed by atoms with Gasteiger partial charge >= 0.3 is 0 Å². The predicted octanol–water partition coefficient (Wildman–Crippen LogP) is 3.42. The lowest BCUT2D eigenvalue weighted by atomic mass is 10.1. The van der Waals surface area contributed by atoms with Crippen molar-refractivity contribution < 1.29 is 18.6 Å². The first kappa shape index (κ1) is 22.2. The number of hydrogen-bond donors (Lipinski definition) is 2. The van der Waals surface area contributed by atoms with Crippen LogP contribution in [0.5, 0.6) is 5.75 Å². The van der Waals surface area contributed by atoms with Crippen LogP contribution in [0.2, 0.25) is 0 Å². The molecule has 0 aliphatic carbocycles. The second-order valence-electron chi connectivity index (χ2n) is 7.32. The summed E-state index contributed by atoms with van der Waals surface area (Å²) in [6.45, 7) is 8.85. The van der Waals surface area contributed by atoms with Gasteiger partial charge in [-0.3, -0.25) is 0 Å². The molecule has 1 aromatic heterocycles. The highest BCUT2D eigenvalue weighted by Crippen LogP contribution is 2.24. The Morgan fingerprint density at radius 2 is 2.20 bits per heavy atom. The summed E-state index contributed by atoms with van der Waals surface area (Å²) in [6, 6.07) is 10.1. The maximum Gasteiger partial charge on any atom is 0.191 e. The molecule has 0 amide bonds. The molecule has 3 rings (SSSR count). The molecule has 2 aromatic rings. The number of furan rings is 1. The molecule has 0 saturated carbocycles.